The third-order valence-corrected chi connectivity index (χ3v) is 2.32. The second kappa shape index (κ2) is 7.24. The van der Waals surface area contributed by atoms with E-state index in [1.165, 1.54) is 6.42 Å². The van der Waals surface area contributed by atoms with Crippen molar-refractivity contribution >= 4 is 0 Å². The monoisotopic (exact) mass is 201 g/mol. The van der Waals surface area contributed by atoms with Gasteiger partial charge in [0.15, 0.2) is 0 Å². The lowest BCUT2D eigenvalue weighted by atomic mass is 10.0. The molecule has 0 aliphatic rings. The van der Waals surface area contributed by atoms with Gasteiger partial charge in [0.2, 0.25) is 0 Å². The van der Waals surface area contributed by atoms with E-state index in [1.807, 2.05) is 0 Å². The van der Waals surface area contributed by atoms with Gasteiger partial charge in [0.05, 0.1) is 6.61 Å². The smallest absolute Gasteiger partial charge is 0.0584 e. The average molecular weight is 201 g/mol. The minimum absolute atomic E-state index is 0.251. The fourth-order valence-corrected chi connectivity index (χ4v) is 1.94. The predicted octanol–water partition coefficient (Wildman–Crippen LogP) is 2.42. The Bertz CT molecular complexity index is 134. The lowest BCUT2D eigenvalue weighted by molar-refractivity contribution is 0.210. The summed E-state index contributed by atoms with van der Waals surface area (Å²) in [4.78, 5) is 0. The second-order valence-electron chi connectivity index (χ2n) is 5.21. The Morgan fingerprint density at radius 2 is 1.43 bits per heavy atom. The van der Waals surface area contributed by atoms with E-state index in [1.54, 1.807) is 0 Å². The quantitative estimate of drug-likeness (QED) is 0.663. The van der Waals surface area contributed by atoms with Gasteiger partial charge in [0.25, 0.3) is 0 Å². The molecule has 2 heteroatoms. The average Bonchev–Trinajstić information content (AvgIpc) is 2.00. The number of nitrogens with one attached hydrogen (secondary N) is 1. The van der Waals surface area contributed by atoms with Crippen LogP contribution in [0.2, 0.25) is 0 Å². The highest BCUT2D eigenvalue weighted by Crippen LogP contribution is 2.08. The first-order chi connectivity index (χ1) is 6.45. The SMILES string of the molecule is CC(C)C[C@H](CO)N[C@H](C)CC(C)C. The standard InChI is InChI=1S/C12H27NO/c1-9(2)6-11(5)13-12(8-14)7-10(3)4/h9-14H,6-8H2,1-5H3/t11-,12-/m1/s1. The Kier molecular flexibility index (Phi) is 7.20. The van der Waals surface area contributed by atoms with Crippen molar-refractivity contribution in [1.82, 2.24) is 5.32 Å². The van der Waals surface area contributed by atoms with Crippen LogP contribution in [0.15, 0.2) is 0 Å². The van der Waals surface area contributed by atoms with Crippen molar-refractivity contribution < 1.29 is 5.11 Å². The number of hydrogen-bond acceptors (Lipinski definition) is 2. The van der Waals surface area contributed by atoms with Gasteiger partial charge in [0, 0.05) is 12.1 Å². The molecule has 0 bridgehead atoms. The molecule has 0 heterocycles. The number of aliphatic hydroxyl groups excluding tert-OH is 1. The van der Waals surface area contributed by atoms with Crippen LogP contribution in [0.4, 0.5) is 0 Å². The molecule has 0 aliphatic carbocycles. The van der Waals surface area contributed by atoms with Crippen molar-refractivity contribution in [3.63, 3.8) is 0 Å². The van der Waals surface area contributed by atoms with Crippen LogP contribution in [0.5, 0.6) is 0 Å². The van der Waals surface area contributed by atoms with Gasteiger partial charge in [-0.2, -0.15) is 0 Å². The number of rotatable bonds is 7. The number of aliphatic hydroxyl groups is 1. The molecular weight excluding hydrogens is 174 g/mol. The molecule has 0 rings (SSSR count). The molecule has 0 saturated carbocycles. The first-order valence-electron chi connectivity index (χ1n) is 5.82. The third kappa shape index (κ3) is 7.34. The van der Waals surface area contributed by atoms with Crippen molar-refractivity contribution in [2.24, 2.45) is 11.8 Å². The molecular formula is C12H27NO. The summed E-state index contributed by atoms with van der Waals surface area (Å²) in [6, 6.07) is 0.773. The lowest BCUT2D eigenvalue weighted by Gasteiger charge is -2.24. The van der Waals surface area contributed by atoms with Crippen LogP contribution < -0.4 is 5.32 Å². The van der Waals surface area contributed by atoms with Crippen LogP contribution >= 0.6 is 0 Å². The summed E-state index contributed by atoms with van der Waals surface area (Å²) in [5.74, 6) is 1.36. The Labute approximate surface area is 89.1 Å². The Morgan fingerprint density at radius 3 is 1.79 bits per heavy atom. The van der Waals surface area contributed by atoms with Crippen molar-refractivity contribution in [3.05, 3.63) is 0 Å². The van der Waals surface area contributed by atoms with Crippen molar-refractivity contribution in [3.8, 4) is 0 Å². The van der Waals surface area contributed by atoms with Gasteiger partial charge in [-0.25, -0.2) is 0 Å². The van der Waals surface area contributed by atoms with Gasteiger partial charge in [-0.3, -0.25) is 0 Å². The lowest BCUT2D eigenvalue weighted by Crippen LogP contribution is -2.40. The first-order valence-corrected chi connectivity index (χ1v) is 5.82. The van der Waals surface area contributed by atoms with Gasteiger partial charge in [-0.15, -0.1) is 0 Å². The Morgan fingerprint density at radius 1 is 0.929 bits per heavy atom. The summed E-state index contributed by atoms with van der Waals surface area (Å²) >= 11 is 0. The zero-order valence-corrected chi connectivity index (χ0v) is 10.4. The maximum absolute atomic E-state index is 9.20. The second-order valence-corrected chi connectivity index (χ2v) is 5.21. The number of hydrogen-bond donors (Lipinski definition) is 2. The maximum Gasteiger partial charge on any atom is 0.0584 e. The van der Waals surface area contributed by atoms with Crippen molar-refractivity contribution in [2.45, 2.75) is 59.5 Å². The van der Waals surface area contributed by atoms with E-state index >= 15 is 0 Å². The Balaban J connectivity index is 3.79. The summed E-state index contributed by atoms with van der Waals surface area (Å²) in [7, 11) is 0. The molecule has 0 unspecified atom stereocenters. The van der Waals surface area contributed by atoms with Gasteiger partial charge in [-0.1, -0.05) is 27.7 Å². The third-order valence-electron chi connectivity index (χ3n) is 2.32. The molecule has 0 spiro atoms. The predicted molar refractivity (Wildman–Crippen MR) is 62.4 cm³/mol. The molecule has 2 N–H and O–H groups in total. The van der Waals surface area contributed by atoms with Gasteiger partial charge in [0.1, 0.15) is 0 Å². The topological polar surface area (TPSA) is 32.3 Å². The van der Waals surface area contributed by atoms with Crippen molar-refractivity contribution in [2.75, 3.05) is 6.61 Å². The largest absolute Gasteiger partial charge is 0.395 e. The van der Waals surface area contributed by atoms with E-state index in [4.69, 9.17) is 0 Å². The highest BCUT2D eigenvalue weighted by molar-refractivity contribution is 4.72. The van der Waals surface area contributed by atoms with Crippen LogP contribution in [0.1, 0.15) is 47.5 Å². The van der Waals surface area contributed by atoms with E-state index in [9.17, 15) is 5.11 Å². The van der Waals surface area contributed by atoms with E-state index in [2.05, 4.69) is 39.9 Å². The summed E-state index contributed by atoms with van der Waals surface area (Å²) in [5.41, 5.74) is 0. The zero-order chi connectivity index (χ0) is 11.1. The van der Waals surface area contributed by atoms with Crippen LogP contribution in [-0.4, -0.2) is 23.8 Å². The molecule has 0 aromatic carbocycles. The fourth-order valence-electron chi connectivity index (χ4n) is 1.94. The van der Waals surface area contributed by atoms with Gasteiger partial charge in [-0.05, 0) is 31.6 Å². The van der Waals surface area contributed by atoms with Crippen LogP contribution in [-0.2, 0) is 0 Å². The minimum atomic E-state index is 0.251. The summed E-state index contributed by atoms with van der Waals surface area (Å²) in [6.07, 6.45) is 2.23. The van der Waals surface area contributed by atoms with E-state index in [0.29, 0.717) is 12.0 Å². The van der Waals surface area contributed by atoms with Gasteiger partial charge < -0.3 is 10.4 Å². The summed E-state index contributed by atoms with van der Waals surface area (Å²) < 4.78 is 0. The fraction of sp³-hybridized carbons (Fsp3) is 1.00. The van der Waals surface area contributed by atoms with Crippen LogP contribution in [0.25, 0.3) is 0 Å². The van der Waals surface area contributed by atoms with Crippen LogP contribution in [0, 0.1) is 11.8 Å². The molecule has 0 radical (unpaired) electrons. The molecule has 14 heavy (non-hydrogen) atoms. The molecule has 2 nitrogen and oxygen atoms in total. The van der Waals surface area contributed by atoms with E-state index < -0.39 is 0 Å². The summed E-state index contributed by atoms with van der Waals surface area (Å²) in [6.45, 7) is 11.3. The van der Waals surface area contributed by atoms with E-state index in [-0.39, 0.29) is 12.6 Å². The molecule has 0 aliphatic heterocycles. The Hall–Kier alpha value is -0.0800. The molecule has 86 valence electrons. The molecule has 0 aromatic heterocycles. The minimum Gasteiger partial charge on any atom is -0.395 e. The highest BCUT2D eigenvalue weighted by atomic mass is 16.3. The molecule has 0 aromatic rings. The molecule has 0 amide bonds. The van der Waals surface area contributed by atoms with E-state index in [0.717, 1.165) is 12.3 Å². The maximum atomic E-state index is 9.20. The highest BCUT2D eigenvalue weighted by Gasteiger charge is 2.13. The molecule has 0 saturated heterocycles. The first kappa shape index (κ1) is 13.9. The van der Waals surface area contributed by atoms with Gasteiger partial charge >= 0.3 is 0 Å². The zero-order valence-electron chi connectivity index (χ0n) is 10.4. The van der Waals surface area contributed by atoms with Crippen molar-refractivity contribution in [1.29, 1.82) is 0 Å². The molecule has 2 atom stereocenters. The summed E-state index contributed by atoms with van der Waals surface area (Å²) in [5, 5.41) is 12.7. The molecule has 0 fully saturated rings. The normalized spacial score (nSPS) is 16.3. The van der Waals surface area contributed by atoms with Crippen LogP contribution in [0.3, 0.4) is 0 Å².